The summed E-state index contributed by atoms with van der Waals surface area (Å²) in [5, 5.41) is 3.12. The maximum Gasteiger partial charge on any atom is 0.323 e. The number of esters is 1. The molecule has 0 aromatic heterocycles. The van der Waals surface area contributed by atoms with E-state index in [9.17, 15) is 9.59 Å². The van der Waals surface area contributed by atoms with Crippen LogP contribution in [0, 0.1) is 5.41 Å². The van der Waals surface area contributed by atoms with Gasteiger partial charge in [-0.3, -0.25) is 9.59 Å². The fourth-order valence-electron chi connectivity index (χ4n) is 2.84. The Bertz CT molecular complexity index is 319. The largest absolute Gasteiger partial charge is 0.461 e. The molecule has 0 spiro atoms. The fourth-order valence-corrected chi connectivity index (χ4v) is 2.84. The minimum atomic E-state index is -0.221. The smallest absolute Gasteiger partial charge is 0.323 e. The van der Waals surface area contributed by atoms with Crippen LogP contribution in [0.1, 0.15) is 46.0 Å². The third kappa shape index (κ3) is 3.28. The minimum Gasteiger partial charge on any atom is -0.461 e. The molecule has 0 amide bonds. The highest BCUT2D eigenvalue weighted by Gasteiger charge is 2.36. The van der Waals surface area contributed by atoms with Crippen molar-refractivity contribution < 1.29 is 14.3 Å². The molecule has 96 valence electrons. The van der Waals surface area contributed by atoms with E-state index < -0.39 is 0 Å². The van der Waals surface area contributed by atoms with Gasteiger partial charge in [0.25, 0.3) is 0 Å². The van der Waals surface area contributed by atoms with Crippen LogP contribution in [-0.4, -0.2) is 30.4 Å². The van der Waals surface area contributed by atoms with E-state index in [-0.39, 0.29) is 29.3 Å². The maximum atomic E-state index is 11.8. The van der Waals surface area contributed by atoms with E-state index in [1.165, 1.54) is 0 Å². The van der Waals surface area contributed by atoms with Crippen LogP contribution >= 0.6 is 0 Å². The molecule has 1 saturated carbocycles. The van der Waals surface area contributed by atoms with Crippen molar-refractivity contribution in [1.82, 2.24) is 5.32 Å². The lowest BCUT2D eigenvalue weighted by Crippen LogP contribution is -2.39. The van der Waals surface area contributed by atoms with Gasteiger partial charge in [-0.05, 0) is 31.2 Å². The first-order valence-corrected chi connectivity index (χ1v) is 6.42. The molecule has 4 heteroatoms. The molecule has 2 unspecified atom stereocenters. The fraction of sp³-hybridized carbons (Fsp3) is 0.846. The summed E-state index contributed by atoms with van der Waals surface area (Å²) >= 11 is 0. The van der Waals surface area contributed by atoms with Crippen LogP contribution in [0.15, 0.2) is 0 Å². The normalized spacial score (nSPS) is 32.5. The van der Waals surface area contributed by atoms with Gasteiger partial charge in [-0.2, -0.15) is 0 Å². The number of ketones is 1. The molecule has 2 aliphatic rings. The van der Waals surface area contributed by atoms with Crippen LogP contribution in [0.25, 0.3) is 0 Å². The lowest BCUT2D eigenvalue weighted by atomic mass is 9.75. The zero-order valence-corrected chi connectivity index (χ0v) is 10.6. The van der Waals surface area contributed by atoms with Crippen molar-refractivity contribution in [3.63, 3.8) is 0 Å². The number of carbonyl (C=O) groups is 2. The summed E-state index contributed by atoms with van der Waals surface area (Å²) in [5.41, 5.74) is -0.0383. The van der Waals surface area contributed by atoms with E-state index in [4.69, 9.17) is 4.74 Å². The van der Waals surface area contributed by atoms with Crippen LogP contribution in [0.4, 0.5) is 0 Å². The van der Waals surface area contributed by atoms with Crippen LogP contribution in [0.3, 0.4) is 0 Å². The van der Waals surface area contributed by atoms with Gasteiger partial charge < -0.3 is 10.1 Å². The predicted octanol–water partition coefficient (Wildman–Crippen LogP) is 1.43. The van der Waals surface area contributed by atoms with E-state index in [1.54, 1.807) is 0 Å². The predicted molar refractivity (Wildman–Crippen MR) is 63.5 cm³/mol. The molecule has 0 aromatic carbocycles. The van der Waals surface area contributed by atoms with E-state index >= 15 is 0 Å². The van der Waals surface area contributed by atoms with Crippen molar-refractivity contribution in [2.45, 2.75) is 58.1 Å². The summed E-state index contributed by atoms with van der Waals surface area (Å²) in [6.07, 6.45) is 3.43. The van der Waals surface area contributed by atoms with Crippen molar-refractivity contribution in [2.24, 2.45) is 5.41 Å². The molecule has 2 rings (SSSR count). The average Bonchev–Trinajstić information content (AvgIpc) is 2.65. The summed E-state index contributed by atoms with van der Waals surface area (Å²) in [5.74, 6) is 0.0245. The van der Waals surface area contributed by atoms with Gasteiger partial charge in [0.15, 0.2) is 0 Å². The van der Waals surface area contributed by atoms with Gasteiger partial charge in [-0.25, -0.2) is 0 Å². The molecule has 1 aliphatic heterocycles. The lowest BCUT2D eigenvalue weighted by molar-refractivity contribution is -0.156. The molecular formula is C13H21NO3. The molecule has 0 aromatic rings. The second-order valence-corrected chi connectivity index (χ2v) is 6.00. The summed E-state index contributed by atoms with van der Waals surface area (Å²) in [6, 6.07) is -0.157. The monoisotopic (exact) mass is 239 g/mol. The molecule has 17 heavy (non-hydrogen) atoms. The number of hydrogen-bond donors (Lipinski definition) is 1. The number of ether oxygens (including phenoxy) is 1. The number of hydrogen-bond acceptors (Lipinski definition) is 4. The highest BCUT2D eigenvalue weighted by Crippen LogP contribution is 2.34. The molecule has 2 fully saturated rings. The van der Waals surface area contributed by atoms with Crippen LogP contribution in [0.5, 0.6) is 0 Å². The van der Waals surface area contributed by atoms with Crippen LogP contribution in [0.2, 0.25) is 0 Å². The zero-order chi connectivity index (χ0) is 12.5. The molecule has 4 nitrogen and oxygen atoms in total. The van der Waals surface area contributed by atoms with Crippen molar-refractivity contribution in [1.29, 1.82) is 0 Å². The lowest BCUT2D eigenvalue weighted by Gasteiger charge is -2.34. The number of rotatable bonds is 2. The molecule has 1 aliphatic carbocycles. The Hall–Kier alpha value is -0.900. The first-order valence-electron chi connectivity index (χ1n) is 6.42. The van der Waals surface area contributed by atoms with Gasteiger partial charge in [0.1, 0.15) is 17.9 Å². The van der Waals surface area contributed by atoms with E-state index in [1.807, 2.05) is 0 Å². The molecule has 1 heterocycles. The Balaban J connectivity index is 1.89. The van der Waals surface area contributed by atoms with Crippen LogP contribution < -0.4 is 5.32 Å². The highest BCUT2D eigenvalue weighted by atomic mass is 16.5. The van der Waals surface area contributed by atoms with E-state index in [2.05, 4.69) is 19.2 Å². The van der Waals surface area contributed by atoms with Gasteiger partial charge in [0.2, 0.25) is 0 Å². The molecular weight excluding hydrogens is 218 g/mol. The van der Waals surface area contributed by atoms with Gasteiger partial charge in [-0.1, -0.05) is 13.8 Å². The SMILES string of the molecule is CC1(C)CC(=O)CC(OC(=O)C2CCCN2)C1. The van der Waals surface area contributed by atoms with E-state index in [0.29, 0.717) is 12.8 Å². The average molecular weight is 239 g/mol. The van der Waals surface area contributed by atoms with Crippen LogP contribution in [-0.2, 0) is 14.3 Å². The third-order valence-electron chi connectivity index (χ3n) is 3.54. The second-order valence-electron chi connectivity index (χ2n) is 6.00. The maximum absolute atomic E-state index is 11.8. The summed E-state index contributed by atoms with van der Waals surface area (Å²) < 4.78 is 5.46. The Morgan fingerprint density at radius 3 is 2.82 bits per heavy atom. The van der Waals surface area contributed by atoms with Crippen molar-refractivity contribution in [3.05, 3.63) is 0 Å². The number of Topliss-reactive ketones (excluding diaryl/α,β-unsaturated/α-hetero) is 1. The second kappa shape index (κ2) is 4.77. The third-order valence-corrected chi connectivity index (χ3v) is 3.54. The Kier molecular flexibility index (Phi) is 3.52. The highest BCUT2D eigenvalue weighted by molar-refractivity contribution is 5.81. The summed E-state index contributed by atoms with van der Waals surface area (Å²) in [6.45, 7) is 4.99. The zero-order valence-electron chi connectivity index (χ0n) is 10.6. The molecule has 1 N–H and O–H groups in total. The van der Waals surface area contributed by atoms with Gasteiger partial charge in [0, 0.05) is 12.8 Å². The first-order chi connectivity index (χ1) is 7.96. The Labute approximate surface area is 102 Å². The molecule has 0 bridgehead atoms. The minimum absolute atomic E-state index is 0.0383. The Morgan fingerprint density at radius 2 is 2.24 bits per heavy atom. The number of nitrogens with one attached hydrogen (secondary N) is 1. The van der Waals surface area contributed by atoms with E-state index in [0.717, 1.165) is 25.8 Å². The molecule has 0 radical (unpaired) electrons. The van der Waals surface area contributed by atoms with Crippen molar-refractivity contribution in [3.8, 4) is 0 Å². The molecule has 1 saturated heterocycles. The summed E-state index contributed by atoms with van der Waals surface area (Å²) in [4.78, 5) is 23.4. The van der Waals surface area contributed by atoms with Crippen molar-refractivity contribution >= 4 is 11.8 Å². The Morgan fingerprint density at radius 1 is 1.47 bits per heavy atom. The summed E-state index contributed by atoms with van der Waals surface area (Å²) in [7, 11) is 0. The standard InChI is InChI=1S/C13H21NO3/c1-13(2)7-9(15)6-10(8-13)17-12(16)11-4-3-5-14-11/h10-11,14H,3-8H2,1-2H3. The van der Waals surface area contributed by atoms with Crippen molar-refractivity contribution in [2.75, 3.05) is 6.54 Å². The number of carbonyl (C=O) groups excluding carboxylic acids is 2. The quantitative estimate of drug-likeness (QED) is 0.741. The van der Waals surface area contributed by atoms with Gasteiger partial charge in [0.05, 0.1) is 0 Å². The molecule has 2 atom stereocenters. The van der Waals surface area contributed by atoms with Gasteiger partial charge >= 0.3 is 5.97 Å². The topological polar surface area (TPSA) is 55.4 Å². The first kappa shape index (κ1) is 12.6. The van der Waals surface area contributed by atoms with Gasteiger partial charge in [-0.15, -0.1) is 0 Å².